The van der Waals surface area contributed by atoms with Crippen molar-refractivity contribution >= 4 is 35.5 Å². The molecule has 0 radical (unpaired) electrons. The first-order valence-electron chi connectivity index (χ1n) is 8.95. The van der Waals surface area contributed by atoms with E-state index in [9.17, 15) is 13.6 Å². The Morgan fingerprint density at radius 3 is 2.97 bits per heavy atom. The zero-order valence-corrected chi connectivity index (χ0v) is 17.0. The highest BCUT2D eigenvalue weighted by Crippen LogP contribution is 2.36. The number of aryl methyl sites for hydroxylation is 1. The summed E-state index contributed by atoms with van der Waals surface area (Å²) in [7, 11) is 0. The van der Waals surface area contributed by atoms with Gasteiger partial charge in [-0.1, -0.05) is 13.8 Å². The second kappa shape index (κ2) is 8.73. The summed E-state index contributed by atoms with van der Waals surface area (Å²) in [5.74, 6) is -0.791. The number of rotatable bonds is 6. The van der Waals surface area contributed by atoms with Crippen LogP contribution < -0.4 is 4.90 Å². The largest absolute Gasteiger partial charge is 0.470 e. The maximum absolute atomic E-state index is 13.1. The van der Waals surface area contributed by atoms with Gasteiger partial charge in [0.25, 0.3) is 5.90 Å². The topological polar surface area (TPSA) is 80.0 Å². The van der Waals surface area contributed by atoms with Crippen molar-refractivity contribution in [2.45, 2.75) is 46.3 Å². The highest BCUT2D eigenvalue weighted by molar-refractivity contribution is 7.11. The third-order valence-electron chi connectivity index (χ3n) is 4.63. The molecule has 1 aliphatic heterocycles. The molecule has 29 heavy (non-hydrogen) atoms. The Balaban J connectivity index is 1.78. The quantitative estimate of drug-likeness (QED) is 0.403. The van der Waals surface area contributed by atoms with Gasteiger partial charge in [-0.3, -0.25) is 9.78 Å². The van der Waals surface area contributed by atoms with Crippen LogP contribution in [0.1, 0.15) is 35.7 Å². The lowest BCUT2D eigenvalue weighted by molar-refractivity contribution is -0.126. The van der Waals surface area contributed by atoms with Gasteiger partial charge in [-0.2, -0.15) is 13.9 Å². The lowest BCUT2D eigenvalue weighted by Crippen LogP contribution is -2.39. The number of ether oxygens (including phenoxy) is 1. The molecule has 0 unspecified atom stereocenters. The molecule has 3 heterocycles. The van der Waals surface area contributed by atoms with Crippen molar-refractivity contribution < 1.29 is 18.3 Å². The lowest BCUT2D eigenvalue weighted by atomic mass is 9.86. The number of carbonyl (C=O) groups is 1. The van der Waals surface area contributed by atoms with Gasteiger partial charge in [0.15, 0.2) is 0 Å². The molecule has 0 spiro atoms. The molecule has 0 atom stereocenters. The molecule has 0 aromatic carbocycles. The number of thiazole rings is 1. The van der Waals surface area contributed by atoms with Crippen LogP contribution in [0, 0.1) is 5.41 Å². The minimum absolute atomic E-state index is 0.00132. The van der Waals surface area contributed by atoms with Gasteiger partial charge < -0.3 is 9.64 Å². The molecule has 1 amide bonds. The minimum Gasteiger partial charge on any atom is -0.470 e. The molecule has 0 bridgehead atoms. The highest BCUT2D eigenvalue weighted by atomic mass is 32.1. The standard InChI is InChI=1S/C19H21F2N5O2S/c1-19(2)6-4-12-5-7-23-9-14(12)26(18(19)27)10-15-24-8-13(29-15)11-28-17(16(20)21)25-22-3/h5,7-9,16H,3-4,6,10-11H2,1-2H3/b25-17-. The van der Waals surface area contributed by atoms with Crippen molar-refractivity contribution in [2.24, 2.45) is 15.6 Å². The molecule has 7 nitrogen and oxygen atoms in total. The Bertz CT molecular complexity index is 929. The third-order valence-corrected chi connectivity index (χ3v) is 5.59. The van der Waals surface area contributed by atoms with Crippen LogP contribution in [0.25, 0.3) is 0 Å². The Hall–Kier alpha value is -2.75. The van der Waals surface area contributed by atoms with E-state index in [-0.39, 0.29) is 19.1 Å². The van der Waals surface area contributed by atoms with E-state index in [2.05, 4.69) is 26.9 Å². The molecule has 154 valence electrons. The Labute approximate surface area is 171 Å². The fourth-order valence-corrected chi connectivity index (χ4v) is 3.85. The zero-order chi connectivity index (χ0) is 21.0. The van der Waals surface area contributed by atoms with Crippen LogP contribution in [0.15, 0.2) is 34.9 Å². The van der Waals surface area contributed by atoms with E-state index in [0.29, 0.717) is 9.88 Å². The number of halogens is 2. The van der Waals surface area contributed by atoms with Crippen molar-refractivity contribution in [1.29, 1.82) is 0 Å². The maximum Gasteiger partial charge on any atom is 0.314 e. The lowest BCUT2D eigenvalue weighted by Gasteiger charge is -2.28. The van der Waals surface area contributed by atoms with E-state index >= 15 is 0 Å². The van der Waals surface area contributed by atoms with E-state index in [4.69, 9.17) is 4.74 Å². The SMILES string of the molecule is C=N/N=C(\OCc1cnc(CN2C(=O)C(C)(C)CCc3ccncc32)s1)C(F)F. The highest BCUT2D eigenvalue weighted by Gasteiger charge is 2.36. The van der Waals surface area contributed by atoms with Crippen molar-refractivity contribution in [3.05, 3.63) is 40.1 Å². The first-order valence-corrected chi connectivity index (χ1v) is 9.76. The Kier molecular flexibility index (Phi) is 6.31. The van der Waals surface area contributed by atoms with Gasteiger partial charge in [0.05, 0.1) is 23.3 Å². The summed E-state index contributed by atoms with van der Waals surface area (Å²) in [5.41, 5.74) is 1.33. The number of nitrogens with zero attached hydrogens (tertiary/aromatic N) is 5. The Morgan fingerprint density at radius 2 is 2.24 bits per heavy atom. The molecule has 0 fully saturated rings. The molecule has 2 aromatic rings. The molecule has 0 aliphatic carbocycles. The number of hydrogen-bond acceptors (Lipinski definition) is 7. The fourth-order valence-electron chi connectivity index (χ4n) is 3.03. The predicted molar refractivity (Wildman–Crippen MR) is 107 cm³/mol. The molecule has 3 rings (SSSR count). The minimum atomic E-state index is -2.88. The monoisotopic (exact) mass is 421 g/mol. The average Bonchev–Trinajstić information content (AvgIpc) is 3.11. The summed E-state index contributed by atoms with van der Waals surface area (Å²) in [6.45, 7) is 7.07. The first-order chi connectivity index (χ1) is 13.8. The third kappa shape index (κ3) is 4.81. The van der Waals surface area contributed by atoms with E-state index in [1.165, 1.54) is 11.3 Å². The number of carbonyl (C=O) groups excluding carboxylic acids is 1. The smallest absolute Gasteiger partial charge is 0.314 e. The van der Waals surface area contributed by atoms with Crippen LogP contribution >= 0.6 is 11.3 Å². The van der Waals surface area contributed by atoms with Gasteiger partial charge in [-0.05, 0) is 24.5 Å². The van der Waals surface area contributed by atoms with Gasteiger partial charge in [-0.25, -0.2) is 4.98 Å². The van der Waals surface area contributed by atoms with Gasteiger partial charge in [0.1, 0.15) is 11.6 Å². The summed E-state index contributed by atoms with van der Waals surface area (Å²) in [6, 6.07) is 1.93. The van der Waals surface area contributed by atoms with Crippen LogP contribution in [-0.4, -0.2) is 34.9 Å². The normalized spacial score (nSPS) is 16.5. The van der Waals surface area contributed by atoms with Crippen LogP contribution in [-0.2, 0) is 29.1 Å². The van der Waals surface area contributed by atoms with Crippen molar-refractivity contribution in [3.63, 3.8) is 0 Å². The summed E-state index contributed by atoms with van der Waals surface area (Å²) in [5, 5.41) is 6.93. The van der Waals surface area contributed by atoms with Gasteiger partial charge in [0, 0.05) is 24.5 Å². The van der Waals surface area contributed by atoms with Crippen LogP contribution in [0.2, 0.25) is 0 Å². The second-order valence-electron chi connectivity index (χ2n) is 7.17. The molecule has 10 heteroatoms. The van der Waals surface area contributed by atoms with E-state index in [1.54, 1.807) is 23.5 Å². The molecule has 0 saturated carbocycles. The number of fused-ring (bicyclic) bond motifs is 1. The zero-order valence-electron chi connectivity index (χ0n) is 16.1. The van der Waals surface area contributed by atoms with Crippen LogP contribution in [0.5, 0.6) is 0 Å². The van der Waals surface area contributed by atoms with Gasteiger partial charge in [-0.15, -0.1) is 16.4 Å². The van der Waals surface area contributed by atoms with Crippen molar-refractivity contribution in [3.8, 4) is 0 Å². The Morgan fingerprint density at radius 1 is 1.45 bits per heavy atom. The van der Waals surface area contributed by atoms with Gasteiger partial charge in [0.2, 0.25) is 5.91 Å². The molecule has 0 N–H and O–H groups in total. The van der Waals surface area contributed by atoms with Crippen molar-refractivity contribution in [1.82, 2.24) is 9.97 Å². The van der Waals surface area contributed by atoms with E-state index in [0.717, 1.165) is 24.1 Å². The molecule has 1 aliphatic rings. The summed E-state index contributed by atoms with van der Waals surface area (Å²) < 4.78 is 30.6. The second-order valence-corrected chi connectivity index (χ2v) is 8.37. The number of hydrogen-bond donors (Lipinski definition) is 0. The summed E-state index contributed by atoms with van der Waals surface area (Å²) >= 11 is 1.29. The average molecular weight is 421 g/mol. The maximum atomic E-state index is 13.1. The van der Waals surface area contributed by atoms with E-state index in [1.807, 2.05) is 19.9 Å². The first kappa shape index (κ1) is 21.0. The molecule has 0 saturated heterocycles. The van der Waals surface area contributed by atoms with E-state index < -0.39 is 17.7 Å². The molecular weight excluding hydrogens is 400 g/mol. The van der Waals surface area contributed by atoms with Crippen LogP contribution in [0.4, 0.5) is 14.5 Å². The number of alkyl halides is 2. The number of pyridine rings is 1. The number of amides is 1. The number of aromatic nitrogens is 2. The summed E-state index contributed by atoms with van der Waals surface area (Å²) in [6.07, 6.45) is 3.61. The predicted octanol–water partition coefficient (Wildman–Crippen LogP) is 3.84. The molecule has 2 aromatic heterocycles. The number of anilines is 1. The fraction of sp³-hybridized carbons (Fsp3) is 0.421. The van der Waals surface area contributed by atoms with Gasteiger partial charge >= 0.3 is 6.43 Å². The summed E-state index contributed by atoms with van der Waals surface area (Å²) in [4.78, 5) is 24.0. The molecular formula is C19H21F2N5O2S. The van der Waals surface area contributed by atoms with Crippen molar-refractivity contribution in [2.75, 3.05) is 4.90 Å². The van der Waals surface area contributed by atoms with Crippen LogP contribution in [0.3, 0.4) is 0 Å².